The average molecular weight is 341 g/mol. The fourth-order valence-corrected chi connectivity index (χ4v) is 2.40. The van der Waals surface area contributed by atoms with Gasteiger partial charge in [-0.05, 0) is 50.1 Å². The molecule has 0 aliphatic rings. The molecule has 0 aliphatic carbocycles. The molecule has 0 bridgehead atoms. The zero-order chi connectivity index (χ0) is 18.4. The molecule has 0 radical (unpaired) electrons. The van der Waals surface area contributed by atoms with Crippen molar-refractivity contribution in [2.45, 2.75) is 33.4 Å². The number of amides is 1. The number of hydrogen-bond donors (Lipinski definition) is 1. The van der Waals surface area contributed by atoms with E-state index in [9.17, 15) is 9.59 Å². The summed E-state index contributed by atoms with van der Waals surface area (Å²) in [5.74, 6) is -0.0793. The number of aryl methyl sites for hydroxylation is 2. The Morgan fingerprint density at radius 2 is 1.76 bits per heavy atom. The van der Waals surface area contributed by atoms with Crippen molar-refractivity contribution in [3.05, 3.63) is 64.7 Å². The van der Waals surface area contributed by atoms with E-state index in [0.717, 1.165) is 22.4 Å². The van der Waals surface area contributed by atoms with Crippen LogP contribution >= 0.6 is 0 Å². The van der Waals surface area contributed by atoms with Gasteiger partial charge in [0, 0.05) is 6.54 Å². The van der Waals surface area contributed by atoms with E-state index in [1.54, 1.807) is 20.1 Å². The van der Waals surface area contributed by atoms with Gasteiger partial charge in [-0.25, -0.2) is 4.79 Å². The lowest BCUT2D eigenvalue weighted by molar-refractivity contribution is -0.129. The Kier molecular flexibility index (Phi) is 6.17. The highest BCUT2D eigenvalue weighted by molar-refractivity contribution is 5.93. The molecular formula is C20H23NO4. The maximum atomic E-state index is 12.2. The number of benzene rings is 2. The Bertz CT molecular complexity index is 753. The van der Waals surface area contributed by atoms with Crippen LogP contribution in [0, 0.1) is 13.8 Å². The number of carbonyl (C=O) groups is 2. The van der Waals surface area contributed by atoms with E-state index in [1.165, 1.54) is 0 Å². The van der Waals surface area contributed by atoms with E-state index in [2.05, 4.69) is 5.32 Å². The van der Waals surface area contributed by atoms with Gasteiger partial charge in [0.15, 0.2) is 6.10 Å². The maximum Gasteiger partial charge on any atom is 0.339 e. The molecule has 2 rings (SSSR count). The summed E-state index contributed by atoms with van der Waals surface area (Å²) in [6.07, 6.45) is -0.869. The van der Waals surface area contributed by atoms with Crippen LogP contribution in [0.2, 0.25) is 0 Å². The van der Waals surface area contributed by atoms with Gasteiger partial charge in [-0.2, -0.15) is 0 Å². The first-order valence-electron chi connectivity index (χ1n) is 8.09. The van der Waals surface area contributed by atoms with E-state index in [4.69, 9.17) is 9.47 Å². The third-order valence-corrected chi connectivity index (χ3v) is 3.88. The second-order valence-corrected chi connectivity index (χ2v) is 5.93. The highest BCUT2D eigenvalue weighted by Gasteiger charge is 2.19. The molecule has 0 aromatic heterocycles. The van der Waals surface area contributed by atoms with Crippen molar-refractivity contribution >= 4 is 11.9 Å². The van der Waals surface area contributed by atoms with Crippen LogP contribution in [-0.4, -0.2) is 25.1 Å². The first kappa shape index (κ1) is 18.5. The zero-order valence-corrected chi connectivity index (χ0v) is 15.0. The Hall–Kier alpha value is -2.82. The minimum absolute atomic E-state index is 0.339. The van der Waals surface area contributed by atoms with Crippen molar-refractivity contribution in [1.29, 1.82) is 0 Å². The van der Waals surface area contributed by atoms with Gasteiger partial charge < -0.3 is 14.8 Å². The number of methoxy groups -OCH3 is 1. The lowest BCUT2D eigenvalue weighted by Crippen LogP contribution is -2.35. The van der Waals surface area contributed by atoms with Gasteiger partial charge in [0.2, 0.25) is 0 Å². The molecule has 5 nitrogen and oxygen atoms in total. The highest BCUT2D eigenvalue weighted by Crippen LogP contribution is 2.13. The molecule has 25 heavy (non-hydrogen) atoms. The number of esters is 1. The number of ether oxygens (including phenoxy) is 2. The predicted molar refractivity (Wildman–Crippen MR) is 95.6 cm³/mol. The van der Waals surface area contributed by atoms with Crippen LogP contribution in [0.3, 0.4) is 0 Å². The third-order valence-electron chi connectivity index (χ3n) is 3.88. The van der Waals surface area contributed by atoms with Crippen LogP contribution in [0.15, 0.2) is 42.5 Å². The van der Waals surface area contributed by atoms with Crippen LogP contribution in [0.25, 0.3) is 0 Å². The van der Waals surface area contributed by atoms with Crippen molar-refractivity contribution in [2.75, 3.05) is 7.11 Å². The fourth-order valence-electron chi connectivity index (χ4n) is 2.40. The van der Waals surface area contributed by atoms with Crippen molar-refractivity contribution in [3.63, 3.8) is 0 Å². The van der Waals surface area contributed by atoms with Gasteiger partial charge in [-0.3, -0.25) is 4.79 Å². The molecule has 0 fully saturated rings. The molecule has 2 aromatic rings. The minimum atomic E-state index is -0.869. The van der Waals surface area contributed by atoms with Gasteiger partial charge in [0.05, 0.1) is 12.7 Å². The summed E-state index contributed by atoms with van der Waals surface area (Å²) in [4.78, 5) is 24.4. The van der Waals surface area contributed by atoms with E-state index in [1.807, 2.05) is 50.2 Å². The largest absolute Gasteiger partial charge is 0.497 e. The molecule has 0 spiro atoms. The van der Waals surface area contributed by atoms with Crippen LogP contribution in [0.1, 0.15) is 34.0 Å². The second-order valence-electron chi connectivity index (χ2n) is 5.93. The predicted octanol–water partition coefficient (Wildman–Crippen LogP) is 3.17. The highest BCUT2D eigenvalue weighted by atomic mass is 16.5. The topological polar surface area (TPSA) is 64.6 Å². The molecule has 0 aliphatic heterocycles. The van der Waals surface area contributed by atoms with Crippen LogP contribution in [-0.2, 0) is 16.1 Å². The molecule has 0 saturated carbocycles. The Morgan fingerprint density at radius 3 is 2.36 bits per heavy atom. The molecule has 5 heteroatoms. The van der Waals surface area contributed by atoms with Crippen LogP contribution in [0.4, 0.5) is 0 Å². The van der Waals surface area contributed by atoms with Crippen molar-refractivity contribution in [3.8, 4) is 5.75 Å². The molecule has 132 valence electrons. The quantitative estimate of drug-likeness (QED) is 0.820. The summed E-state index contributed by atoms with van der Waals surface area (Å²) >= 11 is 0. The van der Waals surface area contributed by atoms with Crippen LogP contribution in [0.5, 0.6) is 5.75 Å². The average Bonchev–Trinajstić information content (AvgIpc) is 2.59. The molecule has 0 saturated heterocycles. The summed E-state index contributed by atoms with van der Waals surface area (Å²) in [6.45, 7) is 5.72. The lowest BCUT2D eigenvalue weighted by atomic mass is 10.1. The number of nitrogens with one attached hydrogen (secondary N) is 1. The summed E-state index contributed by atoms with van der Waals surface area (Å²) in [5, 5.41) is 2.76. The van der Waals surface area contributed by atoms with E-state index in [-0.39, 0.29) is 5.91 Å². The summed E-state index contributed by atoms with van der Waals surface area (Å²) in [7, 11) is 1.60. The molecule has 1 N–H and O–H groups in total. The fraction of sp³-hybridized carbons (Fsp3) is 0.300. The van der Waals surface area contributed by atoms with Gasteiger partial charge in [-0.1, -0.05) is 29.8 Å². The van der Waals surface area contributed by atoms with Gasteiger partial charge in [0.1, 0.15) is 5.75 Å². The third kappa shape index (κ3) is 5.08. The summed E-state index contributed by atoms with van der Waals surface area (Å²) in [6, 6.07) is 12.9. The molecule has 0 heterocycles. The molecule has 0 unspecified atom stereocenters. The van der Waals surface area contributed by atoms with Crippen molar-refractivity contribution in [1.82, 2.24) is 5.32 Å². The Morgan fingerprint density at radius 1 is 1.08 bits per heavy atom. The van der Waals surface area contributed by atoms with E-state index >= 15 is 0 Å². The molecule has 2 aromatic carbocycles. The first-order chi connectivity index (χ1) is 11.9. The van der Waals surface area contributed by atoms with E-state index in [0.29, 0.717) is 12.1 Å². The van der Waals surface area contributed by atoms with Crippen molar-refractivity contribution < 1.29 is 19.1 Å². The van der Waals surface area contributed by atoms with Gasteiger partial charge >= 0.3 is 5.97 Å². The SMILES string of the molecule is COc1ccc(CNC(=O)[C@H](C)OC(=O)c2ccc(C)cc2C)cc1. The number of hydrogen-bond acceptors (Lipinski definition) is 4. The monoisotopic (exact) mass is 341 g/mol. The van der Waals surface area contributed by atoms with Crippen molar-refractivity contribution in [2.24, 2.45) is 0 Å². The summed E-state index contributed by atoms with van der Waals surface area (Å²) in [5.41, 5.74) is 3.30. The maximum absolute atomic E-state index is 12.2. The van der Waals surface area contributed by atoms with E-state index < -0.39 is 12.1 Å². The second kappa shape index (κ2) is 8.33. The standard InChI is InChI=1S/C20H23NO4/c1-13-5-10-18(14(2)11-13)20(23)25-15(3)19(22)21-12-16-6-8-17(24-4)9-7-16/h5-11,15H,12H2,1-4H3,(H,21,22)/t15-/m0/s1. The first-order valence-corrected chi connectivity index (χ1v) is 8.09. The number of rotatable bonds is 6. The lowest BCUT2D eigenvalue weighted by Gasteiger charge is -2.14. The normalized spacial score (nSPS) is 11.5. The Labute approximate surface area is 148 Å². The molecule has 1 amide bonds. The summed E-state index contributed by atoms with van der Waals surface area (Å²) < 4.78 is 10.4. The van der Waals surface area contributed by atoms with Gasteiger partial charge in [-0.15, -0.1) is 0 Å². The molecule has 1 atom stereocenters. The van der Waals surface area contributed by atoms with Gasteiger partial charge in [0.25, 0.3) is 5.91 Å². The number of carbonyl (C=O) groups excluding carboxylic acids is 2. The van der Waals surface area contributed by atoms with Crippen LogP contribution < -0.4 is 10.1 Å². The zero-order valence-electron chi connectivity index (χ0n) is 15.0. The Balaban J connectivity index is 1.89. The smallest absolute Gasteiger partial charge is 0.339 e. The minimum Gasteiger partial charge on any atom is -0.497 e. The molecular weight excluding hydrogens is 318 g/mol.